The highest BCUT2D eigenvalue weighted by atomic mass is 15.3. The van der Waals surface area contributed by atoms with Crippen molar-refractivity contribution in [1.29, 1.82) is 0 Å². The van der Waals surface area contributed by atoms with Crippen molar-refractivity contribution in [3.05, 3.63) is 52.8 Å². The van der Waals surface area contributed by atoms with Crippen LogP contribution < -0.4 is 10.6 Å². The predicted octanol–water partition coefficient (Wildman–Crippen LogP) is 3.63. The lowest BCUT2D eigenvalue weighted by atomic mass is 10.1. The Hall–Kier alpha value is -2.34. The van der Waals surface area contributed by atoms with Crippen LogP contribution in [0.2, 0.25) is 0 Å². The monoisotopic (exact) mass is 410 g/mol. The molecule has 0 spiro atoms. The Morgan fingerprint density at radius 1 is 1.03 bits per heavy atom. The molecule has 1 aliphatic heterocycles. The summed E-state index contributed by atoms with van der Waals surface area (Å²) >= 11 is 0. The molecule has 3 rings (SSSR count). The first-order chi connectivity index (χ1) is 14.6. The average molecular weight is 411 g/mol. The summed E-state index contributed by atoms with van der Waals surface area (Å²) in [7, 11) is 0. The molecular formula is C24H38N6. The molecule has 0 saturated carbocycles. The number of hydrogen-bond donors (Lipinski definition) is 2. The highest BCUT2D eigenvalue weighted by molar-refractivity contribution is 5.79. The first kappa shape index (κ1) is 22.3. The van der Waals surface area contributed by atoms with Crippen LogP contribution in [-0.2, 0) is 19.6 Å². The lowest BCUT2D eigenvalue weighted by Crippen LogP contribution is -2.38. The number of guanidine groups is 1. The van der Waals surface area contributed by atoms with Crippen LogP contribution in [0.3, 0.4) is 0 Å². The second-order valence-electron chi connectivity index (χ2n) is 8.28. The normalized spacial score (nSPS) is 15.4. The van der Waals surface area contributed by atoms with Crippen molar-refractivity contribution in [3.63, 3.8) is 0 Å². The summed E-state index contributed by atoms with van der Waals surface area (Å²) < 4.78 is 2.08. The van der Waals surface area contributed by atoms with Gasteiger partial charge >= 0.3 is 0 Å². The minimum atomic E-state index is 0.691. The van der Waals surface area contributed by atoms with Crippen LogP contribution in [0.5, 0.6) is 0 Å². The van der Waals surface area contributed by atoms with Crippen LogP contribution >= 0.6 is 0 Å². The van der Waals surface area contributed by atoms with Gasteiger partial charge in [0.1, 0.15) is 0 Å². The van der Waals surface area contributed by atoms with Crippen LogP contribution in [0.15, 0.2) is 35.3 Å². The third-order valence-corrected chi connectivity index (χ3v) is 5.58. The number of rotatable bonds is 9. The zero-order valence-electron chi connectivity index (χ0n) is 19.0. The number of aromatic nitrogens is 2. The smallest absolute Gasteiger partial charge is 0.191 e. The van der Waals surface area contributed by atoms with Crippen molar-refractivity contribution in [2.45, 2.75) is 66.1 Å². The second-order valence-corrected chi connectivity index (χ2v) is 8.28. The average Bonchev–Trinajstić information content (AvgIpc) is 3.08. The van der Waals surface area contributed by atoms with Crippen LogP contribution in [0.1, 0.15) is 55.1 Å². The van der Waals surface area contributed by atoms with Gasteiger partial charge in [-0.05, 0) is 70.3 Å². The number of hydrogen-bond acceptors (Lipinski definition) is 3. The maximum absolute atomic E-state index is 4.76. The van der Waals surface area contributed by atoms with Crippen LogP contribution in [0.4, 0.5) is 0 Å². The molecule has 2 aromatic rings. The van der Waals surface area contributed by atoms with Crippen molar-refractivity contribution >= 4 is 5.96 Å². The third-order valence-electron chi connectivity index (χ3n) is 5.58. The largest absolute Gasteiger partial charge is 0.357 e. The van der Waals surface area contributed by atoms with E-state index in [-0.39, 0.29) is 0 Å². The lowest BCUT2D eigenvalue weighted by molar-refractivity contribution is 0.221. The highest BCUT2D eigenvalue weighted by Gasteiger charge is 2.10. The van der Waals surface area contributed by atoms with Gasteiger partial charge < -0.3 is 10.6 Å². The SMILES string of the molecule is CCNC(=NCc1ccc(CN2CCCCC2)cc1)NCCCn1nc(C)cc1C. The molecule has 164 valence electrons. The van der Waals surface area contributed by atoms with Crippen LogP contribution in [0.25, 0.3) is 0 Å². The summed E-state index contributed by atoms with van der Waals surface area (Å²) in [4.78, 5) is 7.32. The standard InChI is InChI=1S/C24H38N6/c1-4-25-24(26-13-8-16-30-21(3)17-20(2)28-30)27-18-22-9-11-23(12-10-22)19-29-14-6-5-7-15-29/h9-12,17H,4-8,13-16,18-19H2,1-3H3,(H2,25,26,27). The molecule has 2 N–H and O–H groups in total. The van der Waals surface area contributed by atoms with Crippen molar-refractivity contribution in [2.24, 2.45) is 4.99 Å². The van der Waals surface area contributed by atoms with E-state index < -0.39 is 0 Å². The molecule has 2 heterocycles. The highest BCUT2D eigenvalue weighted by Crippen LogP contribution is 2.14. The molecule has 1 saturated heterocycles. The molecule has 30 heavy (non-hydrogen) atoms. The van der Waals surface area contributed by atoms with Gasteiger partial charge in [0, 0.05) is 31.9 Å². The number of aliphatic imine (C=N–C) groups is 1. The Morgan fingerprint density at radius 3 is 2.43 bits per heavy atom. The number of likely N-dealkylation sites (tertiary alicyclic amines) is 1. The number of benzene rings is 1. The Bertz CT molecular complexity index is 787. The minimum absolute atomic E-state index is 0.691. The van der Waals surface area contributed by atoms with Gasteiger partial charge in [0.2, 0.25) is 0 Å². The van der Waals surface area contributed by atoms with E-state index >= 15 is 0 Å². The summed E-state index contributed by atoms with van der Waals surface area (Å²) in [5, 5.41) is 11.3. The summed E-state index contributed by atoms with van der Waals surface area (Å²) in [6.45, 7) is 13.1. The summed E-state index contributed by atoms with van der Waals surface area (Å²) in [6.07, 6.45) is 5.08. The fraction of sp³-hybridized carbons (Fsp3) is 0.583. The molecule has 0 radical (unpaired) electrons. The molecule has 0 unspecified atom stereocenters. The van der Waals surface area contributed by atoms with Crippen LogP contribution in [0, 0.1) is 13.8 Å². The number of aryl methyl sites for hydroxylation is 3. The zero-order valence-corrected chi connectivity index (χ0v) is 19.0. The topological polar surface area (TPSA) is 57.5 Å². The summed E-state index contributed by atoms with van der Waals surface area (Å²) in [5.74, 6) is 0.878. The Balaban J connectivity index is 1.44. The molecule has 0 bridgehead atoms. The van der Waals surface area contributed by atoms with Crippen LogP contribution in [-0.4, -0.2) is 46.8 Å². The third kappa shape index (κ3) is 7.17. The Morgan fingerprint density at radius 2 is 1.77 bits per heavy atom. The fourth-order valence-corrected chi connectivity index (χ4v) is 3.97. The maximum atomic E-state index is 4.76. The first-order valence-electron chi connectivity index (χ1n) is 11.5. The number of nitrogens with one attached hydrogen (secondary N) is 2. The molecule has 1 aliphatic rings. The number of piperidine rings is 1. The van der Waals surface area contributed by atoms with Gasteiger partial charge in [-0.2, -0.15) is 5.10 Å². The van der Waals surface area contributed by atoms with E-state index in [2.05, 4.69) is 69.5 Å². The molecule has 6 nitrogen and oxygen atoms in total. The number of nitrogens with zero attached hydrogens (tertiary/aromatic N) is 4. The van der Waals surface area contributed by atoms with Gasteiger partial charge in [-0.3, -0.25) is 9.58 Å². The molecule has 1 aromatic carbocycles. The van der Waals surface area contributed by atoms with Crippen molar-refractivity contribution in [1.82, 2.24) is 25.3 Å². The maximum Gasteiger partial charge on any atom is 0.191 e. The second kappa shape index (κ2) is 11.7. The molecule has 6 heteroatoms. The van der Waals surface area contributed by atoms with Gasteiger partial charge in [0.05, 0.1) is 12.2 Å². The molecular weight excluding hydrogens is 372 g/mol. The van der Waals surface area contributed by atoms with Gasteiger partial charge in [-0.25, -0.2) is 4.99 Å². The van der Waals surface area contributed by atoms with E-state index in [0.717, 1.165) is 44.3 Å². The van der Waals surface area contributed by atoms with E-state index in [1.54, 1.807) is 0 Å². The predicted molar refractivity (Wildman–Crippen MR) is 125 cm³/mol. The van der Waals surface area contributed by atoms with E-state index in [0.29, 0.717) is 6.54 Å². The molecule has 1 fully saturated rings. The van der Waals surface area contributed by atoms with E-state index in [1.807, 2.05) is 6.92 Å². The van der Waals surface area contributed by atoms with E-state index in [9.17, 15) is 0 Å². The molecule has 0 aliphatic carbocycles. The zero-order chi connectivity index (χ0) is 21.2. The van der Waals surface area contributed by atoms with Crippen molar-refractivity contribution < 1.29 is 0 Å². The quantitative estimate of drug-likeness (QED) is 0.377. The van der Waals surface area contributed by atoms with Gasteiger partial charge in [-0.15, -0.1) is 0 Å². The molecule has 1 aromatic heterocycles. The lowest BCUT2D eigenvalue weighted by Gasteiger charge is -2.26. The minimum Gasteiger partial charge on any atom is -0.357 e. The Labute approximate surface area is 181 Å². The van der Waals surface area contributed by atoms with Crippen molar-refractivity contribution in [2.75, 3.05) is 26.2 Å². The van der Waals surface area contributed by atoms with Gasteiger partial charge in [0.15, 0.2) is 5.96 Å². The van der Waals surface area contributed by atoms with Crippen molar-refractivity contribution in [3.8, 4) is 0 Å². The fourth-order valence-electron chi connectivity index (χ4n) is 3.97. The first-order valence-corrected chi connectivity index (χ1v) is 11.5. The van der Waals surface area contributed by atoms with Gasteiger partial charge in [-0.1, -0.05) is 30.7 Å². The van der Waals surface area contributed by atoms with E-state index in [1.165, 1.54) is 49.2 Å². The Kier molecular flexibility index (Phi) is 8.75. The summed E-state index contributed by atoms with van der Waals surface area (Å²) in [5.41, 5.74) is 4.95. The summed E-state index contributed by atoms with van der Waals surface area (Å²) in [6, 6.07) is 11.1. The molecule has 0 atom stereocenters. The molecule has 0 amide bonds. The van der Waals surface area contributed by atoms with E-state index in [4.69, 9.17) is 4.99 Å². The van der Waals surface area contributed by atoms with Gasteiger partial charge in [0.25, 0.3) is 0 Å².